The second-order valence-corrected chi connectivity index (χ2v) is 5.40. The number of rotatable bonds is 4. The van der Waals surface area contributed by atoms with Gasteiger partial charge in [-0.15, -0.1) is 0 Å². The molecule has 8 nitrogen and oxygen atoms in total. The quantitative estimate of drug-likeness (QED) is 0.762. The van der Waals surface area contributed by atoms with Gasteiger partial charge in [0, 0.05) is 24.5 Å². The zero-order valence-electron chi connectivity index (χ0n) is 13.1. The normalized spacial score (nSPS) is 13.8. The molecule has 126 valence electrons. The molecule has 1 aromatic carbocycles. The minimum absolute atomic E-state index is 0.124. The van der Waals surface area contributed by atoms with Gasteiger partial charge in [-0.25, -0.2) is 9.78 Å². The van der Waals surface area contributed by atoms with Gasteiger partial charge in [-0.2, -0.15) is 0 Å². The number of nitrogens with one attached hydrogen (secondary N) is 2. The summed E-state index contributed by atoms with van der Waals surface area (Å²) in [7, 11) is 0. The van der Waals surface area contributed by atoms with Crippen molar-refractivity contribution in [2.24, 2.45) is 0 Å². The molecule has 1 fully saturated rings. The first-order valence-electron chi connectivity index (χ1n) is 7.66. The van der Waals surface area contributed by atoms with Crippen molar-refractivity contribution >= 4 is 23.3 Å². The summed E-state index contributed by atoms with van der Waals surface area (Å²) in [6.45, 7) is 1.18. The molecule has 0 aliphatic carbocycles. The van der Waals surface area contributed by atoms with Crippen LogP contribution in [0, 0.1) is 0 Å². The largest absolute Gasteiger partial charge is 0.461 e. The zero-order valence-corrected chi connectivity index (χ0v) is 13.1. The molecule has 3 heterocycles. The molecule has 4 rings (SSSR count). The van der Waals surface area contributed by atoms with Crippen LogP contribution in [0.15, 0.2) is 57.9 Å². The second-order valence-electron chi connectivity index (χ2n) is 5.40. The Kier molecular flexibility index (Phi) is 3.70. The third-order valence-electron chi connectivity index (χ3n) is 3.80. The number of hydrogen-bond acceptors (Lipinski definition) is 5. The lowest BCUT2D eigenvalue weighted by atomic mass is 10.2. The minimum Gasteiger partial charge on any atom is -0.461 e. The molecule has 3 amide bonds. The molecule has 1 saturated heterocycles. The van der Waals surface area contributed by atoms with Crippen molar-refractivity contribution < 1.29 is 18.4 Å². The van der Waals surface area contributed by atoms with E-state index in [1.54, 1.807) is 35.2 Å². The van der Waals surface area contributed by atoms with Crippen molar-refractivity contribution in [2.45, 2.75) is 0 Å². The van der Waals surface area contributed by atoms with Crippen molar-refractivity contribution in [2.75, 3.05) is 23.3 Å². The van der Waals surface area contributed by atoms with E-state index in [-0.39, 0.29) is 17.5 Å². The summed E-state index contributed by atoms with van der Waals surface area (Å²) >= 11 is 0. The van der Waals surface area contributed by atoms with Gasteiger partial charge >= 0.3 is 6.03 Å². The van der Waals surface area contributed by atoms with Crippen molar-refractivity contribution in [3.05, 3.63) is 54.7 Å². The molecule has 2 N–H and O–H groups in total. The highest BCUT2D eigenvalue weighted by Gasteiger charge is 2.23. The first kappa shape index (κ1) is 15.0. The number of furan rings is 1. The monoisotopic (exact) mass is 338 g/mol. The van der Waals surface area contributed by atoms with Crippen LogP contribution in [0.3, 0.4) is 0 Å². The van der Waals surface area contributed by atoms with Crippen molar-refractivity contribution in [3.63, 3.8) is 0 Å². The van der Waals surface area contributed by atoms with E-state index >= 15 is 0 Å². The summed E-state index contributed by atoms with van der Waals surface area (Å²) < 4.78 is 10.5. The molecule has 0 atom stereocenters. The number of hydrogen-bond donors (Lipinski definition) is 2. The number of amides is 3. The van der Waals surface area contributed by atoms with E-state index in [2.05, 4.69) is 15.6 Å². The fourth-order valence-corrected chi connectivity index (χ4v) is 2.65. The Morgan fingerprint density at radius 3 is 2.92 bits per heavy atom. The second kappa shape index (κ2) is 6.16. The number of urea groups is 1. The standard InChI is InChI=1S/C17H14N4O4/c22-16(14-15(25-10-19-14)13-5-2-8-24-13)20-11-3-1-4-12(9-11)21-7-6-18-17(21)23/h1-5,8-10H,6-7H2,(H,18,23)(H,20,22). The first-order valence-corrected chi connectivity index (χ1v) is 7.66. The number of nitrogens with zero attached hydrogens (tertiary/aromatic N) is 2. The topological polar surface area (TPSA) is 101 Å². The van der Waals surface area contributed by atoms with Gasteiger partial charge in [-0.3, -0.25) is 9.69 Å². The summed E-state index contributed by atoms with van der Waals surface area (Å²) in [5, 5.41) is 5.50. The number of benzene rings is 1. The molecule has 0 saturated carbocycles. The summed E-state index contributed by atoms with van der Waals surface area (Å²) in [6, 6.07) is 10.3. The molecule has 2 aromatic heterocycles. The highest BCUT2D eigenvalue weighted by molar-refractivity contribution is 6.06. The molecular formula is C17H14N4O4. The van der Waals surface area contributed by atoms with E-state index in [0.29, 0.717) is 30.2 Å². The Morgan fingerprint density at radius 1 is 1.24 bits per heavy atom. The van der Waals surface area contributed by atoms with Crippen molar-refractivity contribution in [1.29, 1.82) is 0 Å². The lowest BCUT2D eigenvalue weighted by Crippen LogP contribution is -2.27. The van der Waals surface area contributed by atoms with E-state index < -0.39 is 5.91 Å². The van der Waals surface area contributed by atoms with E-state index in [1.807, 2.05) is 6.07 Å². The van der Waals surface area contributed by atoms with Crippen LogP contribution in [-0.4, -0.2) is 30.0 Å². The lowest BCUT2D eigenvalue weighted by molar-refractivity contribution is 0.102. The van der Waals surface area contributed by atoms with Crippen molar-refractivity contribution in [1.82, 2.24) is 10.3 Å². The third-order valence-corrected chi connectivity index (χ3v) is 3.80. The van der Waals surface area contributed by atoms with Gasteiger partial charge in [-0.05, 0) is 30.3 Å². The highest BCUT2D eigenvalue weighted by Crippen LogP contribution is 2.25. The Bertz CT molecular complexity index is 916. The van der Waals surface area contributed by atoms with Gasteiger partial charge in [0.15, 0.2) is 17.8 Å². The predicted molar refractivity (Wildman–Crippen MR) is 89.3 cm³/mol. The SMILES string of the molecule is O=C(Nc1cccc(N2CCNC2=O)c1)c1ncoc1-c1ccco1. The van der Waals surface area contributed by atoms with Gasteiger partial charge in [0.25, 0.3) is 5.91 Å². The summed E-state index contributed by atoms with van der Waals surface area (Å²) in [6.07, 6.45) is 2.68. The Labute approximate surface area is 142 Å². The fourth-order valence-electron chi connectivity index (χ4n) is 2.65. The van der Waals surface area contributed by atoms with Gasteiger partial charge in [-0.1, -0.05) is 6.07 Å². The first-order chi connectivity index (χ1) is 12.2. The van der Waals surface area contributed by atoms with Crippen LogP contribution in [-0.2, 0) is 0 Å². The Morgan fingerprint density at radius 2 is 2.16 bits per heavy atom. The average molecular weight is 338 g/mol. The number of carbonyl (C=O) groups excluding carboxylic acids is 2. The van der Waals surface area contributed by atoms with Crippen LogP contribution in [0.2, 0.25) is 0 Å². The lowest BCUT2D eigenvalue weighted by Gasteiger charge is -2.15. The van der Waals surface area contributed by atoms with Crippen LogP contribution < -0.4 is 15.5 Å². The molecule has 1 aliphatic rings. The maximum Gasteiger partial charge on any atom is 0.321 e. The fraction of sp³-hybridized carbons (Fsp3) is 0.118. The number of oxazole rings is 1. The van der Waals surface area contributed by atoms with E-state index in [0.717, 1.165) is 0 Å². The maximum atomic E-state index is 12.5. The third kappa shape index (κ3) is 2.85. The van der Waals surface area contributed by atoms with Gasteiger partial charge in [0.05, 0.1) is 6.26 Å². The summed E-state index contributed by atoms with van der Waals surface area (Å²) in [5.74, 6) is 0.255. The van der Waals surface area contributed by atoms with Crippen LogP contribution in [0.5, 0.6) is 0 Å². The zero-order chi connectivity index (χ0) is 17.2. The molecule has 8 heteroatoms. The summed E-state index contributed by atoms with van der Waals surface area (Å²) in [4.78, 5) is 29.9. The molecule has 0 unspecified atom stereocenters. The number of aromatic nitrogens is 1. The molecule has 0 spiro atoms. The molecule has 3 aromatic rings. The van der Waals surface area contributed by atoms with Gasteiger partial charge in [0.2, 0.25) is 5.76 Å². The van der Waals surface area contributed by atoms with E-state index in [4.69, 9.17) is 8.83 Å². The van der Waals surface area contributed by atoms with Crippen LogP contribution in [0.1, 0.15) is 10.5 Å². The van der Waals surface area contributed by atoms with Crippen LogP contribution >= 0.6 is 0 Å². The number of carbonyl (C=O) groups is 2. The predicted octanol–water partition coefficient (Wildman–Crippen LogP) is 2.72. The molecule has 0 radical (unpaired) electrons. The maximum absolute atomic E-state index is 12.5. The molecule has 25 heavy (non-hydrogen) atoms. The highest BCUT2D eigenvalue weighted by atomic mass is 16.4. The van der Waals surface area contributed by atoms with Gasteiger partial charge in [0.1, 0.15) is 0 Å². The van der Waals surface area contributed by atoms with Gasteiger partial charge < -0.3 is 19.5 Å². The Hall–Kier alpha value is -3.55. The molecule has 0 bridgehead atoms. The van der Waals surface area contributed by atoms with E-state index in [9.17, 15) is 9.59 Å². The Balaban J connectivity index is 1.56. The smallest absolute Gasteiger partial charge is 0.321 e. The number of anilines is 2. The average Bonchev–Trinajstić information content (AvgIpc) is 3.36. The van der Waals surface area contributed by atoms with Crippen LogP contribution in [0.4, 0.5) is 16.2 Å². The van der Waals surface area contributed by atoms with Crippen LogP contribution in [0.25, 0.3) is 11.5 Å². The molecule has 1 aliphatic heterocycles. The summed E-state index contributed by atoms with van der Waals surface area (Å²) in [5.41, 5.74) is 1.38. The van der Waals surface area contributed by atoms with E-state index in [1.165, 1.54) is 12.7 Å². The molecular weight excluding hydrogens is 324 g/mol. The van der Waals surface area contributed by atoms with Crippen molar-refractivity contribution in [3.8, 4) is 11.5 Å². The minimum atomic E-state index is -0.428.